The van der Waals surface area contributed by atoms with Crippen LogP contribution in [0.2, 0.25) is 0 Å². The van der Waals surface area contributed by atoms with Gasteiger partial charge < -0.3 is 9.47 Å². The number of Topliss-reactive ketones (excluding diaryl/α,β-unsaturated/α-hetero) is 1. The molecule has 0 aliphatic rings. The van der Waals surface area contributed by atoms with Crippen LogP contribution in [0.1, 0.15) is 17.3 Å². The first kappa shape index (κ1) is 12.0. The average molecular weight is 225 g/mol. The molecule has 0 fully saturated rings. The Morgan fingerprint density at radius 3 is 2.31 bits per heavy atom. The minimum atomic E-state index is -0.644. The zero-order chi connectivity index (χ0) is 12.3. The van der Waals surface area contributed by atoms with Crippen molar-refractivity contribution >= 4 is 11.5 Å². The van der Waals surface area contributed by atoms with Crippen molar-refractivity contribution in [3.05, 3.63) is 27.8 Å². The number of ether oxygens (including phenoxy) is 2. The Kier molecular flexibility index (Phi) is 3.44. The first-order chi connectivity index (χ1) is 7.51. The van der Waals surface area contributed by atoms with Gasteiger partial charge in [-0.3, -0.25) is 14.9 Å². The van der Waals surface area contributed by atoms with E-state index >= 15 is 0 Å². The molecule has 0 bridgehead atoms. The molecule has 6 heteroatoms. The zero-order valence-corrected chi connectivity index (χ0v) is 9.14. The highest BCUT2D eigenvalue weighted by molar-refractivity contribution is 5.99. The van der Waals surface area contributed by atoms with Crippen LogP contribution in [0.5, 0.6) is 11.5 Å². The fraction of sp³-hybridized carbons (Fsp3) is 0.300. The van der Waals surface area contributed by atoms with Gasteiger partial charge in [-0.2, -0.15) is 0 Å². The van der Waals surface area contributed by atoms with Gasteiger partial charge in [0.1, 0.15) is 11.3 Å². The molecule has 1 rings (SSSR count). The van der Waals surface area contributed by atoms with E-state index in [0.29, 0.717) is 5.75 Å². The lowest BCUT2D eigenvalue weighted by atomic mass is 10.1. The molecule has 0 N–H and O–H groups in total. The van der Waals surface area contributed by atoms with E-state index in [1.165, 1.54) is 33.3 Å². The standard InChI is InChI=1S/C10H11NO5/c1-6(12)8-4-7(15-2)5-9(16-3)10(8)11(13)14/h4-5H,1-3H3. The minimum absolute atomic E-state index is 0.00884. The summed E-state index contributed by atoms with van der Waals surface area (Å²) in [4.78, 5) is 21.5. The molecule has 0 unspecified atom stereocenters. The molecule has 1 aromatic carbocycles. The van der Waals surface area contributed by atoms with Crippen molar-refractivity contribution in [1.29, 1.82) is 0 Å². The van der Waals surface area contributed by atoms with Crippen LogP contribution in [0.25, 0.3) is 0 Å². The third-order valence-electron chi connectivity index (χ3n) is 2.07. The van der Waals surface area contributed by atoms with Crippen LogP contribution >= 0.6 is 0 Å². The highest BCUT2D eigenvalue weighted by atomic mass is 16.6. The quantitative estimate of drug-likeness (QED) is 0.443. The first-order valence-electron chi connectivity index (χ1n) is 4.42. The van der Waals surface area contributed by atoms with E-state index < -0.39 is 10.7 Å². The molecule has 0 saturated heterocycles. The summed E-state index contributed by atoms with van der Waals surface area (Å²) in [5, 5.41) is 10.8. The number of benzene rings is 1. The number of rotatable bonds is 4. The summed E-state index contributed by atoms with van der Waals surface area (Å²) < 4.78 is 9.79. The van der Waals surface area contributed by atoms with Crippen LogP contribution in [-0.4, -0.2) is 24.9 Å². The number of nitro benzene ring substituents is 1. The Labute approximate surface area is 91.9 Å². The summed E-state index contributed by atoms with van der Waals surface area (Å²) in [6.45, 7) is 1.25. The smallest absolute Gasteiger partial charge is 0.321 e. The van der Waals surface area contributed by atoms with E-state index in [1.807, 2.05) is 0 Å². The fourth-order valence-electron chi connectivity index (χ4n) is 1.31. The van der Waals surface area contributed by atoms with Crippen molar-refractivity contribution in [2.24, 2.45) is 0 Å². The van der Waals surface area contributed by atoms with Gasteiger partial charge in [0.2, 0.25) is 5.75 Å². The molecule has 0 aliphatic carbocycles. The van der Waals surface area contributed by atoms with Crippen LogP contribution in [0.4, 0.5) is 5.69 Å². The van der Waals surface area contributed by atoms with Crippen molar-refractivity contribution < 1.29 is 19.2 Å². The molecule has 6 nitrogen and oxygen atoms in total. The molecule has 0 spiro atoms. The molecule has 0 saturated carbocycles. The lowest BCUT2D eigenvalue weighted by Crippen LogP contribution is -2.03. The third kappa shape index (κ3) is 2.10. The van der Waals surface area contributed by atoms with Gasteiger partial charge in [0.05, 0.1) is 19.1 Å². The number of hydrogen-bond donors (Lipinski definition) is 0. The Bertz CT molecular complexity index is 441. The van der Waals surface area contributed by atoms with E-state index in [9.17, 15) is 14.9 Å². The number of hydrogen-bond acceptors (Lipinski definition) is 5. The van der Waals surface area contributed by atoms with E-state index in [0.717, 1.165) is 0 Å². The summed E-state index contributed by atoms with van der Waals surface area (Å²) in [6.07, 6.45) is 0. The van der Waals surface area contributed by atoms with E-state index in [4.69, 9.17) is 9.47 Å². The summed E-state index contributed by atoms with van der Waals surface area (Å²) in [7, 11) is 2.70. The zero-order valence-electron chi connectivity index (χ0n) is 9.14. The minimum Gasteiger partial charge on any atom is -0.497 e. The molecule has 0 radical (unpaired) electrons. The molecule has 0 aromatic heterocycles. The predicted molar refractivity (Wildman–Crippen MR) is 56.2 cm³/mol. The highest BCUT2D eigenvalue weighted by Gasteiger charge is 2.25. The largest absolute Gasteiger partial charge is 0.497 e. The lowest BCUT2D eigenvalue weighted by molar-refractivity contribution is -0.386. The Balaban J connectivity index is 3.53. The van der Waals surface area contributed by atoms with Crippen LogP contribution in [-0.2, 0) is 0 Å². The number of methoxy groups -OCH3 is 2. The van der Waals surface area contributed by atoms with Crippen LogP contribution in [0, 0.1) is 10.1 Å². The summed E-state index contributed by atoms with van der Waals surface area (Å²) >= 11 is 0. The van der Waals surface area contributed by atoms with Crippen LogP contribution in [0.3, 0.4) is 0 Å². The lowest BCUT2D eigenvalue weighted by Gasteiger charge is -2.07. The summed E-state index contributed by atoms with van der Waals surface area (Å²) in [5.41, 5.74) is -0.364. The molecule has 86 valence electrons. The van der Waals surface area contributed by atoms with Gasteiger partial charge in [-0.1, -0.05) is 0 Å². The topological polar surface area (TPSA) is 78.7 Å². The average Bonchev–Trinajstić information content (AvgIpc) is 2.26. The SMILES string of the molecule is COc1cc(OC)c([N+](=O)[O-])c(C(C)=O)c1. The Morgan fingerprint density at radius 2 is 1.94 bits per heavy atom. The van der Waals surface area contributed by atoms with E-state index in [1.54, 1.807) is 0 Å². The molecular formula is C10H11NO5. The summed E-state index contributed by atoms with van der Waals surface area (Å²) in [5.74, 6) is -0.0638. The normalized spacial score (nSPS) is 9.69. The molecule has 0 heterocycles. The maximum absolute atomic E-state index is 11.3. The van der Waals surface area contributed by atoms with Gasteiger partial charge >= 0.3 is 5.69 Å². The summed E-state index contributed by atoms with van der Waals surface area (Å²) in [6, 6.07) is 2.69. The van der Waals surface area contributed by atoms with Gasteiger partial charge in [-0.05, 0) is 13.0 Å². The van der Waals surface area contributed by atoms with Crippen molar-refractivity contribution in [3.8, 4) is 11.5 Å². The van der Waals surface area contributed by atoms with Gasteiger partial charge in [-0.25, -0.2) is 0 Å². The van der Waals surface area contributed by atoms with Crippen molar-refractivity contribution in [3.63, 3.8) is 0 Å². The molecule has 0 amide bonds. The van der Waals surface area contributed by atoms with E-state index in [-0.39, 0.29) is 17.0 Å². The Morgan fingerprint density at radius 1 is 1.31 bits per heavy atom. The predicted octanol–water partition coefficient (Wildman–Crippen LogP) is 1.81. The molecule has 1 aromatic rings. The second kappa shape index (κ2) is 4.61. The third-order valence-corrected chi connectivity index (χ3v) is 2.07. The highest BCUT2D eigenvalue weighted by Crippen LogP contribution is 2.35. The van der Waals surface area contributed by atoms with Gasteiger partial charge in [0.25, 0.3) is 0 Å². The van der Waals surface area contributed by atoms with Gasteiger partial charge in [0.15, 0.2) is 5.78 Å². The second-order valence-electron chi connectivity index (χ2n) is 3.04. The monoisotopic (exact) mass is 225 g/mol. The van der Waals surface area contributed by atoms with Crippen LogP contribution in [0.15, 0.2) is 12.1 Å². The second-order valence-corrected chi connectivity index (χ2v) is 3.04. The van der Waals surface area contributed by atoms with Crippen molar-refractivity contribution in [1.82, 2.24) is 0 Å². The molecule has 16 heavy (non-hydrogen) atoms. The maximum Gasteiger partial charge on any atom is 0.321 e. The number of carbonyl (C=O) groups is 1. The number of ketones is 1. The first-order valence-corrected chi connectivity index (χ1v) is 4.42. The molecule has 0 atom stereocenters. The van der Waals surface area contributed by atoms with Gasteiger partial charge in [-0.15, -0.1) is 0 Å². The Hall–Kier alpha value is -2.11. The molecule has 0 aliphatic heterocycles. The number of nitro groups is 1. The van der Waals surface area contributed by atoms with Crippen LogP contribution < -0.4 is 9.47 Å². The number of carbonyl (C=O) groups excluding carboxylic acids is 1. The van der Waals surface area contributed by atoms with Crippen molar-refractivity contribution in [2.75, 3.05) is 14.2 Å². The number of nitrogens with zero attached hydrogens (tertiary/aromatic N) is 1. The van der Waals surface area contributed by atoms with E-state index in [2.05, 4.69) is 0 Å². The van der Waals surface area contributed by atoms with Gasteiger partial charge in [0, 0.05) is 6.07 Å². The van der Waals surface area contributed by atoms with Crippen molar-refractivity contribution in [2.45, 2.75) is 6.92 Å². The molecular weight excluding hydrogens is 214 g/mol. The fourth-order valence-corrected chi connectivity index (χ4v) is 1.31. The maximum atomic E-state index is 11.3.